The van der Waals surface area contributed by atoms with Gasteiger partial charge >= 0.3 is 0 Å². The molecule has 0 bridgehead atoms. The van der Waals surface area contributed by atoms with Crippen molar-refractivity contribution in [2.45, 2.75) is 20.8 Å². The molecule has 0 saturated carbocycles. The number of hydrogen-bond acceptors (Lipinski definition) is 5. The summed E-state index contributed by atoms with van der Waals surface area (Å²) in [5.41, 5.74) is 3.86. The summed E-state index contributed by atoms with van der Waals surface area (Å²) in [6, 6.07) is 13.3. The molecule has 0 aliphatic heterocycles. The zero-order valence-electron chi connectivity index (χ0n) is 18.5. The molecular weight excluding hydrogens is 444 g/mol. The molecule has 33 heavy (non-hydrogen) atoms. The van der Waals surface area contributed by atoms with E-state index in [0.29, 0.717) is 33.3 Å². The van der Waals surface area contributed by atoms with E-state index in [4.69, 9.17) is 16.3 Å². The maximum atomic E-state index is 12.8. The second kappa shape index (κ2) is 9.59. The highest BCUT2D eigenvalue weighted by Crippen LogP contribution is 2.32. The summed E-state index contributed by atoms with van der Waals surface area (Å²) >= 11 is 6.11. The van der Waals surface area contributed by atoms with Crippen molar-refractivity contribution in [3.8, 4) is 17.5 Å². The molecule has 0 aliphatic carbocycles. The van der Waals surface area contributed by atoms with Crippen molar-refractivity contribution in [3.05, 3.63) is 85.7 Å². The molecule has 168 valence electrons. The standard InChI is InChI=1S/C24H21ClN4O4/c1-14-10-17(11-18(13-26)24(30)27-21-7-5-6-20(25)15(21)2)16(3)28(14)22-9-8-19(29(31)32)12-23(22)33-4/h5-12H,1-4H3,(H,27,30)/b18-11-. The minimum absolute atomic E-state index is 0.0784. The third-order valence-electron chi connectivity index (χ3n) is 5.27. The molecule has 0 aliphatic rings. The highest BCUT2D eigenvalue weighted by atomic mass is 35.5. The fourth-order valence-corrected chi connectivity index (χ4v) is 3.68. The molecule has 0 radical (unpaired) electrons. The van der Waals surface area contributed by atoms with E-state index in [0.717, 1.165) is 11.4 Å². The van der Waals surface area contributed by atoms with Crippen molar-refractivity contribution in [2.75, 3.05) is 12.4 Å². The van der Waals surface area contributed by atoms with Gasteiger partial charge in [-0.2, -0.15) is 5.26 Å². The third-order valence-corrected chi connectivity index (χ3v) is 5.68. The number of carbonyl (C=O) groups is 1. The summed E-state index contributed by atoms with van der Waals surface area (Å²) in [6.07, 6.45) is 1.51. The number of hydrogen-bond donors (Lipinski definition) is 1. The van der Waals surface area contributed by atoms with Gasteiger partial charge in [0, 0.05) is 28.2 Å². The number of aromatic nitrogens is 1. The first-order valence-corrected chi connectivity index (χ1v) is 10.3. The lowest BCUT2D eigenvalue weighted by molar-refractivity contribution is -0.384. The van der Waals surface area contributed by atoms with Crippen LogP contribution in [-0.2, 0) is 4.79 Å². The molecule has 3 aromatic rings. The zero-order chi connectivity index (χ0) is 24.3. The number of nitrogens with zero attached hydrogens (tertiary/aromatic N) is 3. The first kappa shape index (κ1) is 23.6. The number of benzene rings is 2. The van der Waals surface area contributed by atoms with E-state index in [1.165, 1.54) is 25.3 Å². The highest BCUT2D eigenvalue weighted by Gasteiger charge is 2.18. The van der Waals surface area contributed by atoms with Crippen molar-refractivity contribution in [1.82, 2.24) is 4.57 Å². The van der Waals surface area contributed by atoms with Gasteiger partial charge in [-0.1, -0.05) is 17.7 Å². The molecule has 1 amide bonds. The van der Waals surface area contributed by atoms with Gasteiger partial charge in [0.2, 0.25) is 0 Å². The lowest BCUT2D eigenvalue weighted by Crippen LogP contribution is -2.14. The Bertz CT molecular complexity index is 1330. The molecule has 9 heteroatoms. The number of non-ortho nitro benzene ring substituents is 1. The number of halogens is 1. The first-order chi connectivity index (χ1) is 15.7. The van der Waals surface area contributed by atoms with Crippen LogP contribution in [-0.4, -0.2) is 22.5 Å². The van der Waals surface area contributed by atoms with Crippen LogP contribution in [0.2, 0.25) is 5.02 Å². The molecule has 0 atom stereocenters. The van der Waals surface area contributed by atoms with E-state index >= 15 is 0 Å². The van der Waals surface area contributed by atoms with Crippen LogP contribution in [0, 0.1) is 42.2 Å². The predicted octanol–water partition coefficient (Wildman–Crippen LogP) is 5.52. The maximum Gasteiger partial charge on any atom is 0.273 e. The second-order valence-corrected chi connectivity index (χ2v) is 7.72. The molecule has 0 saturated heterocycles. The highest BCUT2D eigenvalue weighted by molar-refractivity contribution is 6.31. The Hall–Kier alpha value is -4.09. The van der Waals surface area contributed by atoms with Crippen LogP contribution in [0.15, 0.2) is 48.0 Å². The third kappa shape index (κ3) is 4.73. The number of methoxy groups -OCH3 is 1. The second-order valence-electron chi connectivity index (χ2n) is 7.31. The van der Waals surface area contributed by atoms with Crippen LogP contribution in [0.3, 0.4) is 0 Å². The Kier molecular flexibility index (Phi) is 6.85. The fourth-order valence-electron chi connectivity index (χ4n) is 3.51. The lowest BCUT2D eigenvalue weighted by atomic mass is 10.1. The Morgan fingerprint density at radius 3 is 2.61 bits per heavy atom. The van der Waals surface area contributed by atoms with Gasteiger partial charge < -0.3 is 14.6 Å². The monoisotopic (exact) mass is 464 g/mol. The summed E-state index contributed by atoms with van der Waals surface area (Å²) in [7, 11) is 1.44. The average molecular weight is 465 g/mol. The van der Waals surface area contributed by atoms with Crippen LogP contribution >= 0.6 is 11.6 Å². The van der Waals surface area contributed by atoms with Crippen LogP contribution < -0.4 is 10.1 Å². The molecular formula is C24H21ClN4O4. The van der Waals surface area contributed by atoms with Crippen molar-refractivity contribution >= 4 is 35.0 Å². The van der Waals surface area contributed by atoms with E-state index in [1.54, 1.807) is 31.2 Å². The number of carbonyl (C=O) groups excluding carboxylic acids is 1. The van der Waals surface area contributed by atoms with Crippen molar-refractivity contribution in [2.24, 2.45) is 0 Å². The van der Waals surface area contributed by atoms with Gasteiger partial charge in [0.05, 0.1) is 23.8 Å². The van der Waals surface area contributed by atoms with E-state index in [9.17, 15) is 20.2 Å². The number of nitriles is 1. The molecule has 0 unspecified atom stereocenters. The Labute approximate surface area is 195 Å². The Morgan fingerprint density at radius 1 is 1.24 bits per heavy atom. The smallest absolute Gasteiger partial charge is 0.273 e. The number of nitro groups is 1. The molecule has 1 aromatic heterocycles. The largest absolute Gasteiger partial charge is 0.494 e. The topological polar surface area (TPSA) is 110 Å². The number of anilines is 1. The van der Waals surface area contributed by atoms with Gasteiger partial charge in [-0.05, 0) is 62.2 Å². The van der Waals surface area contributed by atoms with Gasteiger partial charge in [-0.15, -0.1) is 0 Å². The average Bonchev–Trinajstić information content (AvgIpc) is 3.07. The van der Waals surface area contributed by atoms with Crippen LogP contribution in [0.4, 0.5) is 11.4 Å². The predicted molar refractivity (Wildman–Crippen MR) is 127 cm³/mol. The van der Waals surface area contributed by atoms with Gasteiger partial charge in [-0.25, -0.2) is 0 Å². The lowest BCUT2D eigenvalue weighted by Gasteiger charge is -2.14. The van der Waals surface area contributed by atoms with Gasteiger partial charge in [-0.3, -0.25) is 14.9 Å². The van der Waals surface area contributed by atoms with Crippen molar-refractivity contribution in [3.63, 3.8) is 0 Å². The van der Waals surface area contributed by atoms with E-state index in [1.807, 2.05) is 30.6 Å². The fraction of sp³-hybridized carbons (Fsp3) is 0.167. The molecule has 1 heterocycles. The maximum absolute atomic E-state index is 12.8. The van der Waals surface area contributed by atoms with Crippen LogP contribution in [0.5, 0.6) is 5.75 Å². The van der Waals surface area contributed by atoms with Gasteiger partial charge in [0.25, 0.3) is 11.6 Å². The van der Waals surface area contributed by atoms with Gasteiger partial charge in [0.15, 0.2) is 0 Å². The number of ether oxygens (including phenoxy) is 1. The molecule has 1 N–H and O–H groups in total. The first-order valence-electron chi connectivity index (χ1n) is 9.88. The molecule has 8 nitrogen and oxygen atoms in total. The summed E-state index contributed by atoms with van der Waals surface area (Å²) in [5.74, 6) is -0.225. The summed E-state index contributed by atoms with van der Waals surface area (Å²) in [4.78, 5) is 23.4. The van der Waals surface area contributed by atoms with Crippen molar-refractivity contribution in [1.29, 1.82) is 5.26 Å². The van der Waals surface area contributed by atoms with E-state index in [2.05, 4.69) is 5.32 Å². The summed E-state index contributed by atoms with van der Waals surface area (Å²) in [6.45, 7) is 5.46. The molecule has 3 rings (SSSR count). The quantitative estimate of drug-likeness (QED) is 0.223. The minimum atomic E-state index is -0.555. The van der Waals surface area contributed by atoms with E-state index in [-0.39, 0.29) is 11.3 Å². The molecule has 2 aromatic carbocycles. The minimum Gasteiger partial charge on any atom is -0.494 e. The van der Waals surface area contributed by atoms with Crippen LogP contribution in [0.1, 0.15) is 22.5 Å². The van der Waals surface area contributed by atoms with E-state index < -0.39 is 10.8 Å². The number of aryl methyl sites for hydroxylation is 1. The summed E-state index contributed by atoms with van der Waals surface area (Å²) in [5, 5.41) is 24.0. The molecule has 0 spiro atoms. The number of nitro benzene ring substituents is 1. The van der Waals surface area contributed by atoms with Crippen LogP contribution in [0.25, 0.3) is 11.8 Å². The SMILES string of the molecule is COc1cc([N+](=O)[O-])ccc1-n1c(C)cc(/C=C(/C#N)C(=O)Nc2cccc(Cl)c2C)c1C. The number of rotatable bonds is 6. The Balaban J connectivity index is 2.00. The van der Waals surface area contributed by atoms with Crippen molar-refractivity contribution < 1.29 is 14.5 Å². The normalized spacial score (nSPS) is 11.1. The summed E-state index contributed by atoms with van der Waals surface area (Å²) < 4.78 is 7.22. The Morgan fingerprint density at radius 2 is 1.97 bits per heavy atom. The van der Waals surface area contributed by atoms with Gasteiger partial charge in [0.1, 0.15) is 17.4 Å². The molecule has 0 fully saturated rings. The number of nitrogens with one attached hydrogen (secondary N) is 1. The number of amides is 1. The zero-order valence-corrected chi connectivity index (χ0v) is 19.2.